The molecule has 1 aliphatic heterocycles. The minimum absolute atomic E-state index is 0.331. The maximum absolute atomic E-state index is 3.76. The Morgan fingerprint density at radius 1 is 1.29 bits per heavy atom. The van der Waals surface area contributed by atoms with Crippen molar-refractivity contribution in [3.63, 3.8) is 0 Å². The van der Waals surface area contributed by atoms with Crippen LogP contribution in [0.4, 0.5) is 0 Å². The van der Waals surface area contributed by atoms with Gasteiger partial charge in [0, 0.05) is 24.7 Å². The molecule has 0 spiro atoms. The first-order valence-corrected chi connectivity index (χ1v) is 7.51. The quantitative estimate of drug-likeness (QED) is 0.717. The Balaban J connectivity index is 2.56. The molecule has 102 valence electrons. The molecular formula is C15H32N2. The van der Waals surface area contributed by atoms with Gasteiger partial charge in [-0.1, -0.05) is 40.5 Å². The average Bonchev–Trinajstić information content (AvgIpc) is 2.29. The molecule has 1 fully saturated rings. The summed E-state index contributed by atoms with van der Waals surface area (Å²) in [6, 6.07) is 0.728. The van der Waals surface area contributed by atoms with Crippen molar-refractivity contribution in [2.75, 3.05) is 19.6 Å². The molecule has 17 heavy (non-hydrogen) atoms. The fourth-order valence-electron chi connectivity index (χ4n) is 2.81. The van der Waals surface area contributed by atoms with Crippen LogP contribution in [0.1, 0.15) is 60.3 Å². The van der Waals surface area contributed by atoms with Gasteiger partial charge in [0.1, 0.15) is 0 Å². The van der Waals surface area contributed by atoms with Gasteiger partial charge >= 0.3 is 0 Å². The fourth-order valence-corrected chi connectivity index (χ4v) is 2.81. The monoisotopic (exact) mass is 240 g/mol. The Bertz CT molecular complexity index is 215. The van der Waals surface area contributed by atoms with E-state index >= 15 is 0 Å². The Morgan fingerprint density at radius 2 is 2.00 bits per heavy atom. The summed E-state index contributed by atoms with van der Waals surface area (Å²) in [6.07, 6.45) is 5.28. The molecule has 0 aliphatic carbocycles. The summed E-state index contributed by atoms with van der Waals surface area (Å²) in [5.74, 6) is 0.755. The Morgan fingerprint density at radius 3 is 2.53 bits per heavy atom. The van der Waals surface area contributed by atoms with Gasteiger partial charge in [0.2, 0.25) is 0 Å². The zero-order chi connectivity index (χ0) is 12.9. The molecule has 0 aromatic carbocycles. The maximum Gasteiger partial charge on any atom is 0.0278 e. The maximum atomic E-state index is 3.76. The summed E-state index contributed by atoms with van der Waals surface area (Å²) in [5, 5.41) is 3.76. The molecule has 0 bridgehead atoms. The van der Waals surface area contributed by atoms with Gasteiger partial charge in [0.15, 0.2) is 0 Å². The first-order valence-electron chi connectivity index (χ1n) is 7.51. The molecule has 2 nitrogen and oxygen atoms in total. The highest BCUT2D eigenvalue weighted by Gasteiger charge is 2.35. The van der Waals surface area contributed by atoms with Gasteiger partial charge in [-0.3, -0.25) is 4.90 Å². The van der Waals surface area contributed by atoms with Crippen LogP contribution in [0.15, 0.2) is 0 Å². The van der Waals surface area contributed by atoms with E-state index in [-0.39, 0.29) is 0 Å². The minimum atomic E-state index is 0.331. The molecule has 1 saturated heterocycles. The van der Waals surface area contributed by atoms with E-state index in [0.29, 0.717) is 5.54 Å². The summed E-state index contributed by atoms with van der Waals surface area (Å²) in [5.41, 5.74) is 0.331. The number of hydrogen-bond acceptors (Lipinski definition) is 2. The molecule has 1 rings (SSSR count). The van der Waals surface area contributed by atoms with Crippen LogP contribution in [0.5, 0.6) is 0 Å². The predicted molar refractivity (Wildman–Crippen MR) is 76.4 cm³/mol. The van der Waals surface area contributed by atoms with Gasteiger partial charge < -0.3 is 5.32 Å². The molecule has 0 amide bonds. The lowest BCUT2D eigenvalue weighted by atomic mass is 9.89. The van der Waals surface area contributed by atoms with E-state index in [0.717, 1.165) is 18.5 Å². The lowest BCUT2D eigenvalue weighted by Crippen LogP contribution is -2.63. The van der Waals surface area contributed by atoms with Crippen molar-refractivity contribution in [3.8, 4) is 0 Å². The highest BCUT2D eigenvalue weighted by molar-refractivity contribution is 4.95. The summed E-state index contributed by atoms with van der Waals surface area (Å²) in [4.78, 5) is 2.74. The zero-order valence-electron chi connectivity index (χ0n) is 12.6. The summed E-state index contributed by atoms with van der Waals surface area (Å²) < 4.78 is 0. The first kappa shape index (κ1) is 15.0. The molecule has 2 heteroatoms. The molecule has 2 unspecified atom stereocenters. The SMILES string of the molecule is CCCCCN1CC(C)(CC)NCC1C(C)C. The second kappa shape index (κ2) is 6.75. The number of nitrogens with one attached hydrogen (secondary N) is 1. The molecule has 1 heterocycles. The van der Waals surface area contributed by atoms with Crippen LogP contribution < -0.4 is 5.32 Å². The number of hydrogen-bond donors (Lipinski definition) is 1. The average molecular weight is 240 g/mol. The normalized spacial score (nSPS) is 31.1. The Kier molecular flexibility index (Phi) is 5.94. The highest BCUT2D eigenvalue weighted by Crippen LogP contribution is 2.23. The topological polar surface area (TPSA) is 15.3 Å². The molecule has 1 aliphatic rings. The summed E-state index contributed by atoms with van der Waals surface area (Å²) in [7, 11) is 0. The van der Waals surface area contributed by atoms with Crippen LogP contribution in [-0.4, -0.2) is 36.1 Å². The van der Waals surface area contributed by atoms with E-state index in [9.17, 15) is 0 Å². The van der Waals surface area contributed by atoms with Crippen LogP contribution in [0.2, 0.25) is 0 Å². The summed E-state index contributed by atoms with van der Waals surface area (Å²) >= 11 is 0. The molecule has 0 aromatic heterocycles. The van der Waals surface area contributed by atoms with Crippen LogP contribution in [0.3, 0.4) is 0 Å². The second-order valence-corrected chi connectivity index (χ2v) is 6.28. The van der Waals surface area contributed by atoms with E-state index in [1.54, 1.807) is 0 Å². The van der Waals surface area contributed by atoms with Gasteiger partial charge in [-0.05, 0) is 32.2 Å². The fraction of sp³-hybridized carbons (Fsp3) is 1.00. The standard InChI is InChI=1S/C15H32N2/c1-6-8-9-10-17-12-15(5,7-2)16-11-14(17)13(3)4/h13-14,16H,6-12H2,1-5H3. The van der Waals surface area contributed by atoms with Crippen molar-refractivity contribution in [3.05, 3.63) is 0 Å². The minimum Gasteiger partial charge on any atom is -0.309 e. The Labute approximate surface area is 108 Å². The zero-order valence-corrected chi connectivity index (χ0v) is 12.6. The number of piperazine rings is 1. The van der Waals surface area contributed by atoms with E-state index in [4.69, 9.17) is 0 Å². The largest absolute Gasteiger partial charge is 0.309 e. The van der Waals surface area contributed by atoms with Crippen molar-refractivity contribution in [1.82, 2.24) is 10.2 Å². The molecule has 0 radical (unpaired) electrons. The smallest absolute Gasteiger partial charge is 0.0278 e. The van der Waals surface area contributed by atoms with Gasteiger partial charge in [-0.2, -0.15) is 0 Å². The van der Waals surface area contributed by atoms with Gasteiger partial charge in [0.05, 0.1) is 0 Å². The number of rotatable bonds is 6. The van der Waals surface area contributed by atoms with Crippen molar-refractivity contribution in [2.45, 2.75) is 71.9 Å². The van der Waals surface area contributed by atoms with E-state index < -0.39 is 0 Å². The first-order chi connectivity index (χ1) is 8.02. The van der Waals surface area contributed by atoms with Crippen LogP contribution in [0.25, 0.3) is 0 Å². The predicted octanol–water partition coefficient (Wildman–Crippen LogP) is 3.28. The van der Waals surface area contributed by atoms with Crippen LogP contribution >= 0.6 is 0 Å². The van der Waals surface area contributed by atoms with Crippen molar-refractivity contribution in [2.24, 2.45) is 5.92 Å². The van der Waals surface area contributed by atoms with Crippen molar-refractivity contribution in [1.29, 1.82) is 0 Å². The highest BCUT2D eigenvalue weighted by atomic mass is 15.3. The number of nitrogens with zero attached hydrogens (tertiary/aromatic N) is 1. The molecule has 1 N–H and O–H groups in total. The van der Waals surface area contributed by atoms with Gasteiger partial charge in [-0.15, -0.1) is 0 Å². The van der Waals surface area contributed by atoms with Gasteiger partial charge in [-0.25, -0.2) is 0 Å². The van der Waals surface area contributed by atoms with Crippen LogP contribution in [-0.2, 0) is 0 Å². The third-order valence-corrected chi connectivity index (χ3v) is 4.36. The van der Waals surface area contributed by atoms with Crippen molar-refractivity contribution < 1.29 is 0 Å². The lowest BCUT2D eigenvalue weighted by molar-refractivity contribution is 0.0589. The lowest BCUT2D eigenvalue weighted by Gasteiger charge is -2.47. The second-order valence-electron chi connectivity index (χ2n) is 6.28. The molecule has 0 saturated carbocycles. The third kappa shape index (κ3) is 4.26. The third-order valence-electron chi connectivity index (χ3n) is 4.36. The van der Waals surface area contributed by atoms with Crippen LogP contribution in [0, 0.1) is 5.92 Å². The molecular weight excluding hydrogens is 208 g/mol. The molecule has 0 aromatic rings. The Hall–Kier alpha value is -0.0800. The molecule has 2 atom stereocenters. The summed E-state index contributed by atoms with van der Waals surface area (Å²) in [6.45, 7) is 15.3. The van der Waals surface area contributed by atoms with E-state index in [1.807, 2.05) is 0 Å². The van der Waals surface area contributed by atoms with E-state index in [2.05, 4.69) is 44.8 Å². The number of unbranched alkanes of at least 4 members (excludes halogenated alkanes) is 2. The van der Waals surface area contributed by atoms with E-state index in [1.165, 1.54) is 38.8 Å². The van der Waals surface area contributed by atoms with Crippen molar-refractivity contribution >= 4 is 0 Å². The van der Waals surface area contributed by atoms with Gasteiger partial charge in [0.25, 0.3) is 0 Å².